The molecule has 0 aromatic carbocycles. The lowest BCUT2D eigenvalue weighted by Gasteiger charge is -2.07. The summed E-state index contributed by atoms with van der Waals surface area (Å²) >= 11 is 0. The van der Waals surface area contributed by atoms with Gasteiger partial charge in [-0.2, -0.15) is 0 Å². The highest BCUT2D eigenvalue weighted by molar-refractivity contribution is 5.99. The number of hydrogen-bond donors (Lipinski definition) is 1. The molecular weight excluding hydrogens is 184 g/mol. The summed E-state index contributed by atoms with van der Waals surface area (Å²) in [7, 11) is 0. The lowest BCUT2D eigenvalue weighted by molar-refractivity contribution is -0.149. The van der Waals surface area contributed by atoms with Crippen molar-refractivity contribution in [2.75, 3.05) is 13.2 Å². The van der Waals surface area contributed by atoms with E-state index in [0.717, 1.165) is 0 Å². The molecule has 80 valence electrons. The molecule has 0 bridgehead atoms. The molecule has 4 nitrogen and oxygen atoms in total. The zero-order valence-electron chi connectivity index (χ0n) is 8.53. The van der Waals surface area contributed by atoms with Gasteiger partial charge in [0.1, 0.15) is 11.7 Å². The summed E-state index contributed by atoms with van der Waals surface area (Å²) in [5.41, 5.74) is 0. The van der Waals surface area contributed by atoms with Gasteiger partial charge >= 0.3 is 5.97 Å². The highest BCUT2D eigenvalue weighted by Gasteiger charge is 2.20. The molecule has 14 heavy (non-hydrogen) atoms. The number of ether oxygens (including phenoxy) is 1. The van der Waals surface area contributed by atoms with Crippen LogP contribution in [0.2, 0.25) is 0 Å². The Morgan fingerprint density at radius 2 is 2.14 bits per heavy atom. The molecule has 0 heterocycles. The van der Waals surface area contributed by atoms with Gasteiger partial charge in [-0.1, -0.05) is 12.2 Å². The lowest BCUT2D eigenvalue weighted by Crippen LogP contribution is -2.22. The Morgan fingerprint density at radius 1 is 1.50 bits per heavy atom. The normalized spacial score (nSPS) is 12.8. The van der Waals surface area contributed by atoms with Gasteiger partial charge in [0.2, 0.25) is 0 Å². The fourth-order valence-corrected chi connectivity index (χ4v) is 0.919. The molecule has 0 radical (unpaired) electrons. The molecule has 0 saturated carbocycles. The Hall–Kier alpha value is -1.16. The van der Waals surface area contributed by atoms with Crippen molar-refractivity contribution in [2.24, 2.45) is 5.92 Å². The average molecular weight is 200 g/mol. The van der Waals surface area contributed by atoms with Gasteiger partial charge in [-0.3, -0.25) is 9.59 Å². The molecule has 0 fully saturated rings. The van der Waals surface area contributed by atoms with Crippen LogP contribution < -0.4 is 0 Å². The number of carbonyl (C=O) groups excluding carboxylic acids is 2. The minimum atomic E-state index is -0.832. The van der Waals surface area contributed by atoms with Crippen LogP contribution in [0.3, 0.4) is 0 Å². The lowest BCUT2D eigenvalue weighted by atomic mass is 10.0. The maximum absolute atomic E-state index is 11.2. The maximum Gasteiger partial charge on any atom is 0.320 e. The van der Waals surface area contributed by atoms with Crippen LogP contribution in [-0.2, 0) is 14.3 Å². The third kappa shape index (κ3) is 4.77. The van der Waals surface area contributed by atoms with Crippen molar-refractivity contribution in [3.8, 4) is 0 Å². The average Bonchev–Trinajstić information content (AvgIpc) is 2.12. The van der Waals surface area contributed by atoms with Gasteiger partial charge < -0.3 is 9.84 Å². The number of carbonyl (C=O) groups is 2. The summed E-state index contributed by atoms with van der Waals surface area (Å²) in [5.74, 6) is -1.62. The molecule has 0 aromatic heterocycles. The molecular formula is C10H16O4. The van der Waals surface area contributed by atoms with Crippen molar-refractivity contribution in [2.45, 2.75) is 20.3 Å². The Morgan fingerprint density at radius 3 is 2.57 bits per heavy atom. The minimum absolute atomic E-state index is 0.00392. The Labute approximate surface area is 83.6 Å². The van der Waals surface area contributed by atoms with Gasteiger partial charge in [0.05, 0.1) is 6.61 Å². The summed E-state index contributed by atoms with van der Waals surface area (Å²) < 4.78 is 4.72. The van der Waals surface area contributed by atoms with Crippen molar-refractivity contribution in [3.63, 3.8) is 0 Å². The second-order valence-corrected chi connectivity index (χ2v) is 2.78. The number of Topliss-reactive ketones (excluding diaryl/α,β-unsaturated/α-hetero) is 1. The first-order chi connectivity index (χ1) is 6.63. The highest BCUT2D eigenvalue weighted by atomic mass is 16.5. The van der Waals surface area contributed by atoms with Crippen molar-refractivity contribution >= 4 is 11.8 Å². The maximum atomic E-state index is 11.2. The third-order valence-electron chi connectivity index (χ3n) is 1.60. The van der Waals surface area contributed by atoms with E-state index in [9.17, 15) is 9.59 Å². The summed E-state index contributed by atoms with van der Waals surface area (Å²) in [6.07, 6.45) is 3.50. The molecule has 0 amide bonds. The fourth-order valence-electron chi connectivity index (χ4n) is 0.919. The van der Waals surface area contributed by atoms with Crippen LogP contribution >= 0.6 is 0 Å². The number of aliphatic hydroxyl groups excluding tert-OH is 1. The van der Waals surface area contributed by atoms with Crippen LogP contribution in [0.5, 0.6) is 0 Å². The van der Waals surface area contributed by atoms with Crippen LogP contribution in [0.15, 0.2) is 12.2 Å². The second-order valence-electron chi connectivity index (χ2n) is 2.78. The van der Waals surface area contributed by atoms with E-state index < -0.39 is 11.9 Å². The van der Waals surface area contributed by atoms with E-state index in [1.807, 2.05) is 0 Å². The molecule has 0 aromatic rings. The number of aliphatic hydroxyl groups is 1. The molecule has 0 rings (SSSR count). The molecule has 1 atom stereocenters. The largest absolute Gasteiger partial charge is 0.465 e. The topological polar surface area (TPSA) is 63.6 Å². The van der Waals surface area contributed by atoms with E-state index in [1.165, 1.54) is 13.0 Å². The van der Waals surface area contributed by atoms with Crippen molar-refractivity contribution in [3.05, 3.63) is 12.2 Å². The molecule has 0 aliphatic heterocycles. The Balaban J connectivity index is 4.29. The molecule has 4 heteroatoms. The van der Waals surface area contributed by atoms with Gasteiger partial charge in [0.25, 0.3) is 0 Å². The van der Waals surface area contributed by atoms with E-state index in [-0.39, 0.29) is 19.0 Å². The van der Waals surface area contributed by atoms with Crippen LogP contribution in [0.1, 0.15) is 20.3 Å². The molecule has 1 unspecified atom stereocenters. The van der Waals surface area contributed by atoms with E-state index in [0.29, 0.717) is 6.42 Å². The minimum Gasteiger partial charge on any atom is -0.465 e. The number of hydrogen-bond acceptors (Lipinski definition) is 4. The van der Waals surface area contributed by atoms with E-state index >= 15 is 0 Å². The van der Waals surface area contributed by atoms with Crippen LogP contribution in [-0.4, -0.2) is 30.1 Å². The predicted octanol–water partition coefficient (Wildman–Crippen LogP) is 0.693. The molecule has 0 saturated heterocycles. The van der Waals surface area contributed by atoms with Crippen LogP contribution in [0.25, 0.3) is 0 Å². The van der Waals surface area contributed by atoms with Gasteiger partial charge in [0.15, 0.2) is 0 Å². The smallest absolute Gasteiger partial charge is 0.320 e. The highest BCUT2D eigenvalue weighted by Crippen LogP contribution is 2.04. The van der Waals surface area contributed by atoms with Gasteiger partial charge in [-0.15, -0.1) is 0 Å². The number of esters is 1. The van der Waals surface area contributed by atoms with Crippen molar-refractivity contribution in [1.82, 2.24) is 0 Å². The first-order valence-corrected chi connectivity index (χ1v) is 4.58. The fraction of sp³-hybridized carbons (Fsp3) is 0.600. The first kappa shape index (κ1) is 12.8. The Kier molecular flexibility index (Phi) is 6.66. The van der Waals surface area contributed by atoms with Crippen molar-refractivity contribution < 1.29 is 19.4 Å². The van der Waals surface area contributed by atoms with Gasteiger partial charge in [0, 0.05) is 6.61 Å². The quantitative estimate of drug-likeness (QED) is 0.389. The zero-order valence-corrected chi connectivity index (χ0v) is 8.53. The molecule has 0 spiro atoms. The van der Waals surface area contributed by atoms with Gasteiger partial charge in [-0.05, 0) is 20.3 Å². The summed E-state index contributed by atoms with van der Waals surface area (Å²) in [5, 5.41) is 8.51. The van der Waals surface area contributed by atoms with E-state index in [4.69, 9.17) is 9.84 Å². The Bertz CT molecular complexity index is 220. The molecule has 0 aliphatic carbocycles. The summed E-state index contributed by atoms with van der Waals surface area (Å²) in [4.78, 5) is 22.3. The second kappa shape index (κ2) is 7.26. The SMILES string of the molecule is CCOC(=O)C(/C=C/CCO)C(C)=O. The van der Waals surface area contributed by atoms with Gasteiger partial charge in [-0.25, -0.2) is 0 Å². The number of ketones is 1. The monoisotopic (exact) mass is 200 g/mol. The van der Waals surface area contributed by atoms with E-state index in [1.54, 1.807) is 13.0 Å². The molecule has 1 N–H and O–H groups in total. The zero-order chi connectivity index (χ0) is 11.0. The number of rotatable bonds is 6. The first-order valence-electron chi connectivity index (χ1n) is 4.58. The van der Waals surface area contributed by atoms with Crippen LogP contribution in [0, 0.1) is 5.92 Å². The van der Waals surface area contributed by atoms with Crippen LogP contribution in [0.4, 0.5) is 0 Å². The predicted molar refractivity (Wildman–Crippen MR) is 51.6 cm³/mol. The standard InChI is InChI=1S/C10H16O4/c1-3-14-10(13)9(8(2)12)6-4-5-7-11/h4,6,9,11H,3,5,7H2,1-2H3/b6-4+. The third-order valence-corrected chi connectivity index (χ3v) is 1.60. The molecule has 0 aliphatic rings. The van der Waals surface area contributed by atoms with E-state index in [2.05, 4.69) is 0 Å². The summed E-state index contributed by atoms with van der Waals surface area (Å²) in [6, 6.07) is 0. The van der Waals surface area contributed by atoms with Crippen molar-refractivity contribution in [1.29, 1.82) is 0 Å². The summed E-state index contributed by atoms with van der Waals surface area (Å²) in [6.45, 7) is 3.29.